The summed E-state index contributed by atoms with van der Waals surface area (Å²) in [7, 11) is 0. The van der Waals surface area contributed by atoms with E-state index < -0.39 is 0 Å². The van der Waals surface area contributed by atoms with Crippen molar-refractivity contribution in [3.8, 4) is 5.75 Å². The second kappa shape index (κ2) is 9.62. The van der Waals surface area contributed by atoms with Gasteiger partial charge in [0, 0.05) is 11.6 Å². The highest BCUT2D eigenvalue weighted by molar-refractivity contribution is 6.31. The summed E-state index contributed by atoms with van der Waals surface area (Å²) < 4.78 is 11.6. The van der Waals surface area contributed by atoms with Gasteiger partial charge in [-0.2, -0.15) is 0 Å². The van der Waals surface area contributed by atoms with Crippen LogP contribution in [-0.4, -0.2) is 25.3 Å². The van der Waals surface area contributed by atoms with E-state index in [4.69, 9.17) is 21.1 Å². The first-order valence-electron chi connectivity index (χ1n) is 9.29. The molecule has 2 unspecified atom stereocenters. The molecule has 1 aliphatic heterocycles. The van der Waals surface area contributed by atoms with Crippen LogP contribution >= 0.6 is 11.6 Å². The minimum atomic E-state index is -0.313. The van der Waals surface area contributed by atoms with Crippen molar-refractivity contribution in [2.24, 2.45) is 0 Å². The molecule has 1 saturated heterocycles. The normalized spacial score (nSPS) is 17.8. The monoisotopic (exact) mass is 388 g/mol. The Balaban J connectivity index is 1.58. The van der Waals surface area contributed by atoms with E-state index in [1.807, 2.05) is 55.5 Å². The maximum atomic E-state index is 12.4. The van der Waals surface area contributed by atoms with Crippen LogP contribution in [0.25, 0.3) is 0 Å². The first-order chi connectivity index (χ1) is 13.1. The van der Waals surface area contributed by atoms with Crippen molar-refractivity contribution in [3.63, 3.8) is 0 Å². The number of anilines is 1. The fraction of sp³-hybridized carbons (Fsp3) is 0.381. The lowest BCUT2D eigenvalue weighted by atomic mass is 10.1. The lowest BCUT2D eigenvalue weighted by Gasteiger charge is -2.23. The highest BCUT2D eigenvalue weighted by Gasteiger charge is 2.17. The number of hydrogen-bond donors (Lipinski definition) is 2. The van der Waals surface area contributed by atoms with Crippen LogP contribution in [0.1, 0.15) is 37.8 Å². The van der Waals surface area contributed by atoms with Crippen molar-refractivity contribution in [3.05, 3.63) is 59.1 Å². The zero-order valence-electron chi connectivity index (χ0n) is 15.4. The van der Waals surface area contributed by atoms with Gasteiger partial charge in [-0.25, -0.2) is 4.79 Å². The largest absolute Gasteiger partial charge is 0.489 e. The van der Waals surface area contributed by atoms with E-state index in [1.54, 1.807) is 0 Å². The minimum Gasteiger partial charge on any atom is -0.489 e. The summed E-state index contributed by atoms with van der Waals surface area (Å²) in [4.78, 5) is 12.4. The van der Waals surface area contributed by atoms with Gasteiger partial charge < -0.3 is 20.1 Å². The molecule has 6 heteroatoms. The van der Waals surface area contributed by atoms with Crippen LogP contribution in [0.2, 0.25) is 5.02 Å². The maximum Gasteiger partial charge on any atom is 0.319 e. The molecule has 2 aromatic rings. The fourth-order valence-electron chi connectivity index (χ4n) is 3.08. The highest BCUT2D eigenvalue weighted by Crippen LogP contribution is 2.26. The molecule has 0 aliphatic carbocycles. The Morgan fingerprint density at radius 2 is 2.00 bits per heavy atom. The lowest BCUT2D eigenvalue weighted by molar-refractivity contribution is -0.0109. The molecule has 0 spiro atoms. The molecule has 1 fully saturated rings. The van der Waals surface area contributed by atoms with Gasteiger partial charge in [0.25, 0.3) is 0 Å². The SMILES string of the molecule is CC(NC(=O)Nc1ccccc1OCC1CCCCO1)c1ccccc1Cl. The predicted molar refractivity (Wildman–Crippen MR) is 108 cm³/mol. The van der Waals surface area contributed by atoms with Crippen molar-refractivity contribution in [2.45, 2.75) is 38.3 Å². The molecule has 2 N–H and O–H groups in total. The summed E-state index contributed by atoms with van der Waals surface area (Å²) in [6.45, 7) is 3.16. The molecule has 2 aromatic carbocycles. The molecule has 0 bridgehead atoms. The lowest BCUT2D eigenvalue weighted by Crippen LogP contribution is -2.31. The van der Waals surface area contributed by atoms with Gasteiger partial charge in [0.1, 0.15) is 12.4 Å². The predicted octanol–water partition coefficient (Wildman–Crippen LogP) is 5.17. The average Bonchev–Trinajstić information content (AvgIpc) is 2.68. The van der Waals surface area contributed by atoms with E-state index in [0.717, 1.165) is 31.4 Å². The number of nitrogens with one attached hydrogen (secondary N) is 2. The van der Waals surface area contributed by atoms with Crippen molar-refractivity contribution >= 4 is 23.3 Å². The first-order valence-corrected chi connectivity index (χ1v) is 9.66. The Bertz CT molecular complexity index is 763. The summed E-state index contributed by atoms with van der Waals surface area (Å²) in [5.41, 5.74) is 1.49. The molecule has 5 nitrogen and oxygen atoms in total. The summed E-state index contributed by atoms with van der Waals surface area (Å²) >= 11 is 6.20. The van der Waals surface area contributed by atoms with Gasteiger partial charge in [-0.3, -0.25) is 0 Å². The van der Waals surface area contributed by atoms with E-state index in [2.05, 4.69) is 10.6 Å². The third-order valence-corrected chi connectivity index (χ3v) is 4.90. The number of carbonyl (C=O) groups is 1. The number of urea groups is 1. The van der Waals surface area contributed by atoms with Crippen molar-refractivity contribution in [2.75, 3.05) is 18.5 Å². The van der Waals surface area contributed by atoms with Crippen molar-refractivity contribution in [1.82, 2.24) is 5.32 Å². The zero-order valence-corrected chi connectivity index (χ0v) is 16.2. The summed E-state index contributed by atoms with van der Waals surface area (Å²) in [5, 5.41) is 6.39. The van der Waals surface area contributed by atoms with Crippen LogP contribution in [0.15, 0.2) is 48.5 Å². The summed E-state index contributed by atoms with van der Waals surface area (Å²) in [6, 6.07) is 14.3. The number of para-hydroxylation sites is 2. The molecule has 0 saturated carbocycles. The Kier molecular flexibility index (Phi) is 6.96. The summed E-state index contributed by atoms with van der Waals surface area (Å²) in [5.74, 6) is 0.632. The van der Waals surface area contributed by atoms with E-state index in [9.17, 15) is 4.79 Å². The quantitative estimate of drug-likeness (QED) is 0.717. The van der Waals surface area contributed by atoms with Gasteiger partial charge in [0.15, 0.2) is 0 Å². The van der Waals surface area contributed by atoms with Crippen LogP contribution in [0.3, 0.4) is 0 Å². The summed E-state index contributed by atoms with van der Waals surface area (Å²) in [6.07, 6.45) is 3.39. The molecule has 0 aromatic heterocycles. The Morgan fingerprint density at radius 3 is 2.78 bits per heavy atom. The molecular formula is C21H25ClN2O3. The molecule has 3 rings (SSSR count). The number of ether oxygens (including phenoxy) is 2. The molecule has 144 valence electrons. The van der Waals surface area contributed by atoms with Crippen molar-refractivity contribution < 1.29 is 14.3 Å². The van der Waals surface area contributed by atoms with Gasteiger partial charge in [-0.15, -0.1) is 0 Å². The highest BCUT2D eigenvalue weighted by atomic mass is 35.5. The average molecular weight is 389 g/mol. The number of carbonyl (C=O) groups excluding carboxylic acids is 1. The second-order valence-electron chi connectivity index (χ2n) is 6.64. The Labute approximate surface area is 165 Å². The van der Waals surface area contributed by atoms with Gasteiger partial charge >= 0.3 is 6.03 Å². The Hall–Kier alpha value is -2.24. The van der Waals surface area contributed by atoms with Gasteiger partial charge in [-0.1, -0.05) is 41.9 Å². The third kappa shape index (κ3) is 5.62. The number of benzene rings is 2. The molecule has 2 atom stereocenters. The molecule has 1 heterocycles. The van der Waals surface area contributed by atoms with Crippen LogP contribution < -0.4 is 15.4 Å². The minimum absolute atomic E-state index is 0.112. The van der Waals surface area contributed by atoms with Crippen LogP contribution in [-0.2, 0) is 4.74 Å². The van der Waals surface area contributed by atoms with Crippen LogP contribution in [0, 0.1) is 0 Å². The third-order valence-electron chi connectivity index (χ3n) is 4.55. The number of halogens is 1. The number of rotatable bonds is 6. The fourth-order valence-corrected chi connectivity index (χ4v) is 3.38. The van der Waals surface area contributed by atoms with Gasteiger partial charge in [0.05, 0.1) is 17.8 Å². The second-order valence-corrected chi connectivity index (χ2v) is 7.04. The number of hydrogen-bond acceptors (Lipinski definition) is 3. The molecule has 2 amide bonds. The topological polar surface area (TPSA) is 59.6 Å². The standard InChI is InChI=1S/C21H25ClN2O3/c1-15(17-9-2-3-10-18(17)22)23-21(25)24-19-11-4-5-12-20(19)27-14-16-8-6-7-13-26-16/h2-5,9-12,15-16H,6-8,13-14H2,1H3,(H2,23,24,25). The van der Waals surface area contributed by atoms with E-state index >= 15 is 0 Å². The van der Waals surface area contributed by atoms with Crippen LogP contribution in [0.4, 0.5) is 10.5 Å². The smallest absolute Gasteiger partial charge is 0.319 e. The molecular weight excluding hydrogens is 364 g/mol. The maximum absolute atomic E-state index is 12.4. The zero-order chi connectivity index (χ0) is 19.1. The number of amides is 2. The van der Waals surface area contributed by atoms with E-state index in [1.165, 1.54) is 0 Å². The van der Waals surface area contributed by atoms with E-state index in [-0.39, 0.29) is 18.2 Å². The first kappa shape index (κ1) is 19.5. The van der Waals surface area contributed by atoms with Gasteiger partial charge in [-0.05, 0) is 49.9 Å². The Morgan fingerprint density at radius 1 is 1.22 bits per heavy atom. The van der Waals surface area contributed by atoms with Crippen molar-refractivity contribution in [1.29, 1.82) is 0 Å². The van der Waals surface area contributed by atoms with Gasteiger partial charge in [0.2, 0.25) is 0 Å². The molecule has 0 radical (unpaired) electrons. The van der Waals surface area contributed by atoms with E-state index in [0.29, 0.717) is 23.1 Å². The molecule has 1 aliphatic rings. The molecule has 27 heavy (non-hydrogen) atoms. The van der Waals surface area contributed by atoms with Crippen LogP contribution in [0.5, 0.6) is 5.75 Å².